The van der Waals surface area contributed by atoms with Crippen LogP contribution in [-0.4, -0.2) is 24.9 Å². The number of ether oxygens (including phenoxy) is 1. The second kappa shape index (κ2) is 13.9. The molecule has 0 aromatic heterocycles. The van der Waals surface area contributed by atoms with Crippen LogP contribution in [-0.2, 0) is 9.57 Å². The summed E-state index contributed by atoms with van der Waals surface area (Å²) in [6, 6.07) is 0. The van der Waals surface area contributed by atoms with Crippen LogP contribution in [0, 0.1) is 0 Å². The van der Waals surface area contributed by atoms with E-state index in [-0.39, 0.29) is 23.5 Å². The molecule has 32 heavy (non-hydrogen) atoms. The molecule has 0 amide bonds. The van der Waals surface area contributed by atoms with Crippen LogP contribution in [0.1, 0.15) is 60.8 Å². The monoisotopic (exact) mass is 467 g/mol. The molecule has 0 atom stereocenters. The highest BCUT2D eigenvalue weighted by atomic mass is 19.4. The van der Waals surface area contributed by atoms with Crippen molar-refractivity contribution in [3.8, 4) is 0 Å². The number of oxime groups is 1. The highest BCUT2D eigenvalue weighted by Crippen LogP contribution is 2.29. The normalized spacial score (nSPS) is 15.9. The first kappa shape index (κ1) is 29.5. The van der Waals surface area contributed by atoms with E-state index in [1.807, 2.05) is 13.8 Å². The number of rotatable bonds is 11. The summed E-state index contributed by atoms with van der Waals surface area (Å²) < 4.78 is 81.4. The van der Waals surface area contributed by atoms with Gasteiger partial charge < -0.3 is 9.57 Å². The molecule has 0 rings (SSSR count). The lowest BCUT2D eigenvalue weighted by molar-refractivity contribution is -0.306. The van der Waals surface area contributed by atoms with Crippen LogP contribution in [0.15, 0.2) is 63.6 Å². The Hall–Kier alpha value is -2.45. The topological polar surface area (TPSA) is 30.8 Å². The number of hydrogen-bond donors (Lipinski definition) is 0. The summed E-state index contributed by atoms with van der Waals surface area (Å²) in [6.45, 7) is 9.21. The third kappa shape index (κ3) is 12.4. The van der Waals surface area contributed by atoms with Gasteiger partial charge in [0, 0.05) is 6.42 Å². The second-order valence-corrected chi connectivity index (χ2v) is 7.02. The van der Waals surface area contributed by atoms with Crippen LogP contribution in [0.25, 0.3) is 0 Å². The molecule has 0 saturated carbocycles. The maximum Gasteiger partial charge on any atom is 0.572 e. The number of hydrogen-bond acceptors (Lipinski definition) is 3. The van der Waals surface area contributed by atoms with Crippen molar-refractivity contribution >= 4 is 5.71 Å². The van der Waals surface area contributed by atoms with E-state index in [0.717, 1.165) is 30.6 Å². The molecule has 3 nitrogen and oxygen atoms in total. The number of alkyl halides is 6. The predicted molar refractivity (Wildman–Crippen MR) is 115 cm³/mol. The number of nitrogens with zero attached hydrogens (tertiary/aromatic N) is 1. The van der Waals surface area contributed by atoms with Crippen LogP contribution in [0.3, 0.4) is 0 Å². The van der Waals surface area contributed by atoms with E-state index in [1.54, 1.807) is 13.0 Å². The summed E-state index contributed by atoms with van der Waals surface area (Å²) in [5.74, 6) is -0.327. The first-order valence-electron chi connectivity index (χ1n) is 10.1. The fraction of sp³-hybridized carbons (Fsp3) is 0.522. The zero-order chi connectivity index (χ0) is 24.9. The molecule has 0 aliphatic carbocycles. The van der Waals surface area contributed by atoms with Gasteiger partial charge in [0.25, 0.3) is 0 Å². The standard InChI is InChI=1S/C23H31F6NO2/c1-7-11-16(4)12-10-13-21(22(24,25)26)17(5)15-31-30-18(6)19(8-2)14-20(9-3)32-23(27,28)29/h8,10,12-14H,7,9,11,15H2,1-6H3/b13-10-,16-12+,19-8+,20-14+,21-17-,30-18?. The molecule has 0 saturated heterocycles. The Bertz CT molecular complexity index is 781. The zero-order valence-corrected chi connectivity index (χ0v) is 19.2. The Kier molecular flexibility index (Phi) is 12.8. The van der Waals surface area contributed by atoms with E-state index in [2.05, 4.69) is 9.89 Å². The first-order valence-corrected chi connectivity index (χ1v) is 10.1. The summed E-state index contributed by atoms with van der Waals surface area (Å²) in [4.78, 5) is 5.05. The molecule has 0 unspecified atom stereocenters. The average molecular weight is 467 g/mol. The Morgan fingerprint density at radius 1 is 1.00 bits per heavy atom. The van der Waals surface area contributed by atoms with Crippen molar-refractivity contribution in [3.63, 3.8) is 0 Å². The van der Waals surface area contributed by atoms with Crippen LogP contribution in [0.4, 0.5) is 26.3 Å². The average Bonchev–Trinajstić information content (AvgIpc) is 2.66. The summed E-state index contributed by atoms with van der Waals surface area (Å²) in [5, 5.41) is 3.75. The first-order chi connectivity index (χ1) is 14.7. The maximum absolute atomic E-state index is 13.4. The predicted octanol–water partition coefficient (Wildman–Crippen LogP) is 8.34. The third-order valence-electron chi connectivity index (χ3n) is 4.18. The van der Waals surface area contributed by atoms with Crippen LogP contribution in [0.5, 0.6) is 0 Å². The molecule has 0 heterocycles. The smallest absolute Gasteiger partial charge is 0.410 e. The number of allylic oxidation sites excluding steroid dienone is 9. The van der Waals surface area contributed by atoms with Gasteiger partial charge in [0.2, 0.25) is 0 Å². The van der Waals surface area contributed by atoms with E-state index in [0.29, 0.717) is 5.57 Å². The SMILES string of the molecule is C/C=C(\C=C(/CC)OC(F)(F)F)C(C)=NOC/C(C)=C(/C=C\C=C(/C)CCC)C(F)(F)F. The third-order valence-corrected chi connectivity index (χ3v) is 4.18. The lowest BCUT2D eigenvalue weighted by atomic mass is 10.1. The van der Waals surface area contributed by atoms with E-state index < -0.39 is 24.7 Å². The molecule has 0 fully saturated rings. The molecule has 0 radical (unpaired) electrons. The molecule has 0 aromatic carbocycles. The minimum atomic E-state index is -4.82. The van der Waals surface area contributed by atoms with E-state index >= 15 is 0 Å². The highest BCUT2D eigenvalue weighted by Gasteiger charge is 2.33. The summed E-state index contributed by atoms with van der Waals surface area (Å²) in [5.41, 5.74) is 0.523. The van der Waals surface area contributed by atoms with Crippen molar-refractivity contribution in [1.82, 2.24) is 0 Å². The van der Waals surface area contributed by atoms with Crippen LogP contribution >= 0.6 is 0 Å². The molecule has 9 heteroatoms. The fourth-order valence-electron chi connectivity index (χ4n) is 2.54. The van der Waals surface area contributed by atoms with Gasteiger partial charge in [-0.05, 0) is 57.4 Å². The van der Waals surface area contributed by atoms with Crippen molar-refractivity contribution in [2.45, 2.75) is 73.3 Å². The minimum absolute atomic E-state index is 0.0136. The Balaban J connectivity index is 5.50. The molecule has 0 aliphatic rings. The van der Waals surface area contributed by atoms with Gasteiger partial charge >= 0.3 is 12.5 Å². The van der Waals surface area contributed by atoms with Crippen LogP contribution in [0.2, 0.25) is 0 Å². The van der Waals surface area contributed by atoms with E-state index in [9.17, 15) is 26.3 Å². The number of halogens is 6. The summed E-state index contributed by atoms with van der Waals surface area (Å²) >= 11 is 0. The molecule has 0 spiro atoms. The van der Waals surface area contributed by atoms with Crippen molar-refractivity contribution in [3.05, 3.63) is 58.4 Å². The quantitative estimate of drug-likeness (QED) is 0.101. The zero-order valence-electron chi connectivity index (χ0n) is 19.2. The summed E-state index contributed by atoms with van der Waals surface area (Å²) in [7, 11) is 0. The fourth-order valence-corrected chi connectivity index (χ4v) is 2.54. The van der Waals surface area contributed by atoms with Gasteiger partial charge in [-0.3, -0.25) is 0 Å². The maximum atomic E-state index is 13.4. The Morgan fingerprint density at radius 3 is 2.09 bits per heavy atom. The second-order valence-electron chi connectivity index (χ2n) is 7.02. The molecular weight excluding hydrogens is 436 g/mol. The van der Waals surface area contributed by atoms with Crippen molar-refractivity contribution in [2.75, 3.05) is 6.61 Å². The van der Waals surface area contributed by atoms with E-state index in [1.165, 1.54) is 32.9 Å². The molecule has 0 bridgehead atoms. The van der Waals surface area contributed by atoms with E-state index in [4.69, 9.17) is 4.84 Å². The summed E-state index contributed by atoms with van der Waals surface area (Å²) in [6.07, 6.45) is -1.10. The highest BCUT2D eigenvalue weighted by molar-refractivity contribution is 6.00. The van der Waals surface area contributed by atoms with Gasteiger partial charge in [0.1, 0.15) is 12.4 Å². The van der Waals surface area contributed by atoms with Gasteiger partial charge in [-0.25, -0.2) is 0 Å². The minimum Gasteiger partial charge on any atom is -0.410 e. The molecular formula is C23H31F6NO2. The lowest BCUT2D eigenvalue weighted by Gasteiger charge is -2.13. The van der Waals surface area contributed by atoms with Gasteiger partial charge in [0.15, 0.2) is 0 Å². The largest absolute Gasteiger partial charge is 0.572 e. The molecule has 182 valence electrons. The van der Waals surface area contributed by atoms with Gasteiger partial charge in [-0.2, -0.15) is 13.2 Å². The van der Waals surface area contributed by atoms with Gasteiger partial charge in [-0.1, -0.05) is 49.2 Å². The molecule has 0 aliphatic heterocycles. The molecule has 0 N–H and O–H groups in total. The Morgan fingerprint density at radius 2 is 1.62 bits per heavy atom. The van der Waals surface area contributed by atoms with Crippen molar-refractivity contribution in [1.29, 1.82) is 0 Å². The van der Waals surface area contributed by atoms with Crippen LogP contribution < -0.4 is 0 Å². The lowest BCUT2D eigenvalue weighted by Crippen LogP contribution is -2.14. The van der Waals surface area contributed by atoms with Gasteiger partial charge in [-0.15, -0.1) is 13.2 Å². The molecule has 0 aromatic rings. The Labute approximate surface area is 185 Å². The van der Waals surface area contributed by atoms with Crippen molar-refractivity contribution < 1.29 is 35.9 Å². The van der Waals surface area contributed by atoms with Gasteiger partial charge in [0.05, 0.1) is 11.3 Å². The van der Waals surface area contributed by atoms with Crippen molar-refractivity contribution in [2.24, 2.45) is 5.16 Å².